The van der Waals surface area contributed by atoms with Gasteiger partial charge in [-0.25, -0.2) is 0 Å². The second-order valence-electron chi connectivity index (χ2n) is 6.97. The number of rotatable bonds is 5. The number of hydrogen-bond acceptors (Lipinski definition) is 6. The van der Waals surface area contributed by atoms with E-state index in [1.54, 1.807) is 12.4 Å². The molecule has 1 fully saturated rings. The maximum atomic E-state index is 6.05. The number of ether oxygens (including phenoxy) is 1. The van der Waals surface area contributed by atoms with Crippen molar-refractivity contribution < 1.29 is 4.74 Å². The predicted octanol–water partition coefficient (Wildman–Crippen LogP) is 2.12. The Labute approximate surface area is 148 Å². The molecule has 0 radical (unpaired) electrons. The summed E-state index contributed by atoms with van der Waals surface area (Å²) in [7, 11) is 2.04. The van der Waals surface area contributed by atoms with E-state index in [0.29, 0.717) is 5.88 Å². The van der Waals surface area contributed by atoms with Crippen LogP contribution >= 0.6 is 0 Å². The maximum Gasteiger partial charge on any atom is 0.234 e. The molecular weight excluding hydrogens is 316 g/mol. The summed E-state index contributed by atoms with van der Waals surface area (Å²) in [6.45, 7) is 3.55. The summed E-state index contributed by atoms with van der Waals surface area (Å²) in [5.74, 6) is 1.46. The lowest BCUT2D eigenvalue weighted by molar-refractivity contribution is 0.148. The summed E-state index contributed by atoms with van der Waals surface area (Å²) in [5, 5.41) is 7.90. The largest absolute Gasteiger partial charge is 0.473 e. The summed E-state index contributed by atoms with van der Waals surface area (Å²) >= 11 is 0. The Bertz CT molecular complexity index is 709. The second kappa shape index (κ2) is 7.39. The normalized spacial score (nSPS) is 18.0. The SMILES string of the molecule is CN(Cc1cnn2c1CNCC2)c1cncc(OC2CCCCC2)n1. The van der Waals surface area contributed by atoms with Gasteiger partial charge < -0.3 is 15.0 Å². The van der Waals surface area contributed by atoms with Gasteiger partial charge in [-0.2, -0.15) is 10.1 Å². The Morgan fingerprint density at radius 3 is 3.00 bits per heavy atom. The summed E-state index contributed by atoms with van der Waals surface area (Å²) < 4.78 is 8.14. The van der Waals surface area contributed by atoms with E-state index in [2.05, 4.69) is 30.0 Å². The zero-order valence-electron chi connectivity index (χ0n) is 14.8. The first-order valence-corrected chi connectivity index (χ1v) is 9.24. The average Bonchev–Trinajstić information content (AvgIpc) is 3.06. The molecule has 7 heteroatoms. The molecule has 1 N–H and O–H groups in total. The Hall–Kier alpha value is -2.15. The number of aromatic nitrogens is 4. The van der Waals surface area contributed by atoms with Gasteiger partial charge in [-0.05, 0) is 25.7 Å². The van der Waals surface area contributed by atoms with Crippen LogP contribution in [0.3, 0.4) is 0 Å². The molecule has 3 heterocycles. The third-order valence-electron chi connectivity index (χ3n) is 5.07. The van der Waals surface area contributed by atoms with Crippen LogP contribution in [0, 0.1) is 0 Å². The minimum Gasteiger partial charge on any atom is -0.473 e. The molecule has 0 bridgehead atoms. The summed E-state index contributed by atoms with van der Waals surface area (Å²) in [6.07, 6.45) is 11.8. The van der Waals surface area contributed by atoms with E-state index in [0.717, 1.165) is 44.8 Å². The summed E-state index contributed by atoms with van der Waals surface area (Å²) in [4.78, 5) is 11.1. The topological polar surface area (TPSA) is 68.1 Å². The van der Waals surface area contributed by atoms with Gasteiger partial charge in [0.15, 0.2) is 5.82 Å². The quantitative estimate of drug-likeness (QED) is 0.898. The number of anilines is 1. The lowest BCUT2D eigenvalue weighted by Crippen LogP contribution is -2.29. The number of nitrogens with zero attached hydrogens (tertiary/aromatic N) is 5. The molecule has 1 aliphatic carbocycles. The molecule has 134 valence electrons. The molecule has 2 aromatic rings. The smallest absolute Gasteiger partial charge is 0.234 e. The van der Waals surface area contributed by atoms with E-state index in [4.69, 9.17) is 4.74 Å². The number of fused-ring (bicyclic) bond motifs is 1. The van der Waals surface area contributed by atoms with Gasteiger partial charge in [-0.1, -0.05) is 6.42 Å². The van der Waals surface area contributed by atoms with E-state index in [-0.39, 0.29) is 6.10 Å². The first kappa shape index (κ1) is 16.3. The molecule has 0 spiro atoms. The Morgan fingerprint density at radius 2 is 2.12 bits per heavy atom. The fourth-order valence-electron chi connectivity index (χ4n) is 3.64. The van der Waals surface area contributed by atoms with E-state index in [1.165, 1.54) is 30.5 Å². The highest BCUT2D eigenvalue weighted by Crippen LogP contribution is 2.23. The zero-order chi connectivity index (χ0) is 17.1. The van der Waals surface area contributed by atoms with Crippen molar-refractivity contribution in [3.05, 3.63) is 29.8 Å². The highest BCUT2D eigenvalue weighted by atomic mass is 16.5. The number of hydrogen-bond donors (Lipinski definition) is 1. The average molecular weight is 342 g/mol. The van der Waals surface area contributed by atoms with Crippen LogP contribution in [0.4, 0.5) is 5.82 Å². The van der Waals surface area contributed by atoms with Crippen LogP contribution in [0.1, 0.15) is 43.4 Å². The van der Waals surface area contributed by atoms with Gasteiger partial charge in [-0.15, -0.1) is 0 Å². The molecule has 0 unspecified atom stereocenters. The molecule has 0 saturated heterocycles. The minimum absolute atomic E-state index is 0.289. The van der Waals surface area contributed by atoms with Crippen molar-refractivity contribution in [2.45, 2.75) is 57.8 Å². The van der Waals surface area contributed by atoms with Crippen LogP contribution in [-0.4, -0.2) is 39.4 Å². The summed E-state index contributed by atoms with van der Waals surface area (Å²) in [6, 6.07) is 0. The molecule has 1 saturated carbocycles. The number of nitrogens with one attached hydrogen (secondary N) is 1. The van der Waals surface area contributed by atoms with Crippen molar-refractivity contribution in [1.82, 2.24) is 25.1 Å². The fourth-order valence-corrected chi connectivity index (χ4v) is 3.64. The molecule has 1 aliphatic heterocycles. The van der Waals surface area contributed by atoms with Crippen LogP contribution in [0.25, 0.3) is 0 Å². The van der Waals surface area contributed by atoms with Crippen molar-refractivity contribution in [2.75, 3.05) is 18.5 Å². The summed E-state index contributed by atoms with van der Waals surface area (Å²) in [5.41, 5.74) is 2.50. The van der Waals surface area contributed by atoms with Crippen LogP contribution in [0.15, 0.2) is 18.6 Å². The monoisotopic (exact) mass is 342 g/mol. The van der Waals surface area contributed by atoms with Crippen LogP contribution in [-0.2, 0) is 19.6 Å². The van der Waals surface area contributed by atoms with Gasteiger partial charge in [0, 0.05) is 32.2 Å². The molecule has 4 rings (SSSR count). The van der Waals surface area contributed by atoms with Gasteiger partial charge in [0.1, 0.15) is 6.10 Å². The third-order valence-corrected chi connectivity index (χ3v) is 5.07. The standard InChI is InChI=1S/C18H26N6O/c1-23(13-14-9-21-24-8-7-19-10-16(14)24)17-11-20-12-18(22-17)25-15-5-3-2-4-6-15/h9,11-12,15,19H,2-8,10,13H2,1H3. The van der Waals surface area contributed by atoms with E-state index in [1.807, 2.05) is 13.2 Å². The van der Waals surface area contributed by atoms with Gasteiger partial charge in [0.2, 0.25) is 5.88 Å². The van der Waals surface area contributed by atoms with Crippen molar-refractivity contribution in [1.29, 1.82) is 0 Å². The molecule has 2 aliphatic rings. The minimum atomic E-state index is 0.289. The Kier molecular flexibility index (Phi) is 4.83. The van der Waals surface area contributed by atoms with Crippen molar-refractivity contribution in [3.63, 3.8) is 0 Å². The Morgan fingerprint density at radius 1 is 1.24 bits per heavy atom. The fraction of sp³-hybridized carbons (Fsp3) is 0.611. The zero-order valence-corrected chi connectivity index (χ0v) is 14.8. The Balaban J connectivity index is 1.44. The third kappa shape index (κ3) is 3.76. The van der Waals surface area contributed by atoms with E-state index >= 15 is 0 Å². The van der Waals surface area contributed by atoms with Crippen molar-refractivity contribution in [3.8, 4) is 5.88 Å². The molecule has 0 amide bonds. The second-order valence-corrected chi connectivity index (χ2v) is 6.97. The van der Waals surface area contributed by atoms with Crippen LogP contribution in [0.5, 0.6) is 5.88 Å². The van der Waals surface area contributed by atoms with Gasteiger partial charge in [0.05, 0.1) is 30.8 Å². The molecule has 0 aromatic carbocycles. The van der Waals surface area contributed by atoms with Crippen LogP contribution in [0.2, 0.25) is 0 Å². The van der Waals surface area contributed by atoms with Crippen molar-refractivity contribution >= 4 is 5.82 Å². The first-order valence-electron chi connectivity index (χ1n) is 9.24. The first-order chi connectivity index (χ1) is 12.3. The lowest BCUT2D eigenvalue weighted by atomic mass is 9.98. The molecular formula is C18H26N6O. The van der Waals surface area contributed by atoms with E-state index in [9.17, 15) is 0 Å². The molecule has 7 nitrogen and oxygen atoms in total. The predicted molar refractivity (Wildman–Crippen MR) is 95.6 cm³/mol. The van der Waals surface area contributed by atoms with Gasteiger partial charge in [-0.3, -0.25) is 9.67 Å². The molecule has 2 aromatic heterocycles. The highest BCUT2D eigenvalue weighted by molar-refractivity contribution is 5.38. The van der Waals surface area contributed by atoms with Crippen LogP contribution < -0.4 is 15.0 Å². The molecule has 0 atom stereocenters. The lowest BCUT2D eigenvalue weighted by Gasteiger charge is -2.23. The van der Waals surface area contributed by atoms with Gasteiger partial charge >= 0.3 is 0 Å². The van der Waals surface area contributed by atoms with E-state index < -0.39 is 0 Å². The van der Waals surface area contributed by atoms with Crippen molar-refractivity contribution in [2.24, 2.45) is 0 Å². The molecule has 25 heavy (non-hydrogen) atoms. The van der Waals surface area contributed by atoms with Gasteiger partial charge in [0.25, 0.3) is 0 Å². The maximum absolute atomic E-state index is 6.05. The highest BCUT2D eigenvalue weighted by Gasteiger charge is 2.18.